The molecular formula is C87H163N23O3S6. The summed E-state index contributed by atoms with van der Waals surface area (Å²) in [7, 11) is 0. The molecule has 0 radical (unpaired) electrons. The van der Waals surface area contributed by atoms with Crippen molar-refractivity contribution >= 4 is 69.0 Å². The molecule has 0 saturated carbocycles. The van der Waals surface area contributed by atoms with Gasteiger partial charge in [0.1, 0.15) is 54.4 Å². The molecule has 0 aliphatic heterocycles. The normalized spacial score (nSPS) is 8.56. The lowest BCUT2D eigenvalue weighted by molar-refractivity contribution is 0.416. The largest absolute Gasteiger partial charge is 0.452 e. The summed E-state index contributed by atoms with van der Waals surface area (Å²) in [5.74, 6) is 10.5. The molecule has 0 spiro atoms. The summed E-state index contributed by atoms with van der Waals surface area (Å²) in [6.07, 6.45) is 35.9. The maximum Gasteiger partial charge on any atom is 0.213 e. The zero-order valence-electron chi connectivity index (χ0n) is 80.2. The van der Waals surface area contributed by atoms with E-state index in [1.54, 1.807) is 108 Å². The maximum atomic E-state index is 4.47. The van der Waals surface area contributed by atoms with Crippen LogP contribution < -0.4 is 0 Å². The highest BCUT2D eigenvalue weighted by atomic mass is 32.1. The summed E-state index contributed by atoms with van der Waals surface area (Å²) in [6, 6.07) is 9.40. The Bertz CT molecular complexity index is 2380. The molecule has 680 valence electrons. The van der Waals surface area contributed by atoms with Crippen molar-refractivity contribution in [1.82, 2.24) is 112 Å². The third kappa shape index (κ3) is 295. The van der Waals surface area contributed by atoms with E-state index in [0.717, 1.165) is 76.7 Å². The molecule has 13 heterocycles. The van der Waals surface area contributed by atoms with E-state index < -0.39 is 0 Å². The number of imidazole rings is 1. The van der Waals surface area contributed by atoms with Crippen molar-refractivity contribution in [3.63, 3.8) is 0 Å². The van der Waals surface area contributed by atoms with Gasteiger partial charge in [-0.1, -0.05) is 279 Å². The molecule has 0 unspecified atom stereocenters. The molecule has 32 heteroatoms. The standard InChI is InChI=1S/C5H8N2S.C5H5N.C4H4N2.12C4H10.C3H3N3.C3H4N2.C3H3NO.2C3H3NS.2C2H2N2O.3C2H2N2S/c1-4(2)5-3-6-8-7-5;1-2-4-6-5-3-1;1-2-5-4-6-3-1;12*1-4(2)3;1-4-2-6-3-5-1;3*1-2-5-3-4-1;1-2-4-5-3-1;1-3-4-2-5-1;1-3-2-5-4-1;1-3-4-2-5-1;1-3-2-5-4-1;1-2-5-4-3-1/h3-4H,1-2H3;1-5H;1-4H;12*4H,1-3H3;1-3H;1-3H,(H,4,5);3*1-3H;5*1-2H. The summed E-state index contributed by atoms with van der Waals surface area (Å²) in [6.45, 7) is 82.2. The molecule has 119 heavy (non-hydrogen) atoms. The lowest BCUT2D eigenvalue weighted by Gasteiger charge is -1.92. The van der Waals surface area contributed by atoms with E-state index in [1.165, 1.54) is 127 Å². The van der Waals surface area contributed by atoms with Gasteiger partial charge in [0.2, 0.25) is 19.2 Å². The number of oxazole rings is 1. The van der Waals surface area contributed by atoms with Crippen molar-refractivity contribution in [2.45, 2.75) is 269 Å². The molecule has 0 aromatic carbocycles. The second-order valence-electron chi connectivity index (χ2n) is 31.2. The fraction of sp³-hybridized carbons (Fsp3) is 0.586. The molecule has 13 aromatic heterocycles. The van der Waals surface area contributed by atoms with Crippen LogP contribution in [0.5, 0.6) is 0 Å². The molecular weight excluding hydrogens is 1610 g/mol. The number of H-pyrrole nitrogens is 1. The molecule has 13 rings (SSSR count). The SMILES string of the molecule is CC(C)C.CC(C)C.CC(C)C.CC(C)C.CC(C)C.CC(C)C.CC(C)C.CC(C)C.CC(C)C.CC(C)C.CC(C)C.CC(C)C.CC(C)c1cnsn1.c1c[nH]cn1.c1ccncc1.c1cncnc1.c1cnsc1.c1cocn1.c1cscn1.c1csnn1.c1ncncn1.c1ncon1.c1ncsn1.c1nnco1.c1nncs1. The Labute approximate surface area is 748 Å². The van der Waals surface area contributed by atoms with Crippen molar-refractivity contribution in [1.29, 1.82) is 0 Å². The van der Waals surface area contributed by atoms with Gasteiger partial charge < -0.3 is 18.3 Å². The van der Waals surface area contributed by atoms with Crippen LogP contribution in [0.15, 0.2) is 226 Å². The van der Waals surface area contributed by atoms with Crippen molar-refractivity contribution in [3.05, 3.63) is 219 Å². The Balaban J connectivity index is -0.000000100. The summed E-state index contributed by atoms with van der Waals surface area (Å²) in [5, 5.41) is 26.0. The van der Waals surface area contributed by atoms with E-state index in [1.807, 2.05) is 46.6 Å². The molecule has 0 atom stereocenters. The molecule has 0 fully saturated rings. The molecule has 1 N–H and O–H groups in total. The number of aromatic amines is 1. The topological polar surface area (TPSA) is 339 Å². The second kappa shape index (κ2) is 128. The molecule has 0 aliphatic rings. The number of nitrogens with zero attached hydrogens (tertiary/aromatic N) is 22. The van der Waals surface area contributed by atoms with E-state index in [4.69, 9.17) is 0 Å². The first-order valence-corrected chi connectivity index (χ1v) is 45.0. The first-order chi connectivity index (χ1) is 56.1. The van der Waals surface area contributed by atoms with Crippen molar-refractivity contribution in [3.8, 4) is 0 Å². The van der Waals surface area contributed by atoms with Gasteiger partial charge in [-0.05, 0) is 136 Å². The Morgan fingerprint density at radius 3 is 0.866 bits per heavy atom. The van der Waals surface area contributed by atoms with Gasteiger partial charge in [0.15, 0.2) is 12.7 Å². The maximum absolute atomic E-state index is 4.47. The third-order valence-corrected chi connectivity index (χ3v) is 8.11. The Morgan fingerprint density at radius 1 is 0.286 bits per heavy atom. The number of hydrogen-bond donors (Lipinski definition) is 1. The molecule has 13 aromatic rings. The first kappa shape index (κ1) is 137. The number of aromatic nitrogens is 23. The van der Waals surface area contributed by atoms with Crippen LogP contribution in [0.2, 0.25) is 0 Å². The van der Waals surface area contributed by atoms with Crippen LogP contribution in [0.25, 0.3) is 0 Å². The minimum Gasteiger partial charge on any atom is -0.452 e. The van der Waals surface area contributed by atoms with Gasteiger partial charge in [0.25, 0.3) is 0 Å². The van der Waals surface area contributed by atoms with E-state index >= 15 is 0 Å². The molecule has 26 nitrogen and oxygen atoms in total. The predicted octanol–water partition coefficient (Wildman–Crippen LogP) is 28.2. The van der Waals surface area contributed by atoms with Gasteiger partial charge in [-0.25, -0.2) is 49.2 Å². The van der Waals surface area contributed by atoms with Crippen LogP contribution in [-0.2, 0) is 0 Å². The minimum absolute atomic E-state index is 0.522. The highest BCUT2D eigenvalue weighted by Gasteiger charge is 1.99. The van der Waals surface area contributed by atoms with E-state index in [9.17, 15) is 0 Å². The van der Waals surface area contributed by atoms with Crippen molar-refractivity contribution < 1.29 is 13.4 Å². The van der Waals surface area contributed by atoms with E-state index in [2.05, 4.69) is 389 Å². The molecule has 0 amide bonds. The van der Waals surface area contributed by atoms with Crippen LogP contribution in [0, 0.1) is 71.0 Å². The quantitative estimate of drug-likeness (QED) is 0.159. The van der Waals surface area contributed by atoms with Gasteiger partial charge >= 0.3 is 0 Å². The third-order valence-electron chi connectivity index (χ3n) is 5.27. The van der Waals surface area contributed by atoms with Crippen LogP contribution >= 0.6 is 69.0 Å². The highest BCUT2D eigenvalue weighted by Crippen LogP contribution is 2.09. The zero-order chi connectivity index (χ0) is 93.5. The Morgan fingerprint density at radius 2 is 0.748 bits per heavy atom. The van der Waals surface area contributed by atoms with Gasteiger partial charge in [-0.2, -0.15) is 13.1 Å². The van der Waals surface area contributed by atoms with Gasteiger partial charge in [-0.3, -0.25) is 9.97 Å². The Kier molecular flexibility index (Phi) is 146. The van der Waals surface area contributed by atoms with Crippen LogP contribution in [0.4, 0.5) is 0 Å². The molecule has 0 aliphatic carbocycles. The van der Waals surface area contributed by atoms with Gasteiger partial charge in [0, 0.05) is 65.7 Å². The summed E-state index contributed by atoms with van der Waals surface area (Å²) in [4.78, 5) is 42.6. The van der Waals surface area contributed by atoms with Crippen molar-refractivity contribution in [2.24, 2.45) is 71.0 Å². The van der Waals surface area contributed by atoms with Gasteiger partial charge in [-0.15, -0.1) is 48.2 Å². The number of pyridine rings is 1. The second-order valence-corrected chi connectivity index (χ2v) is 35.2. The summed E-state index contributed by atoms with van der Waals surface area (Å²) in [5.41, 5.74) is 7.93. The Hall–Kier alpha value is -8.56. The van der Waals surface area contributed by atoms with Crippen molar-refractivity contribution in [2.75, 3.05) is 0 Å². The van der Waals surface area contributed by atoms with E-state index in [0.29, 0.717) is 5.92 Å². The summed E-state index contributed by atoms with van der Waals surface area (Å²) < 4.78 is 31.9. The number of thiazole rings is 1. The highest BCUT2D eigenvalue weighted by molar-refractivity contribution is 7.07. The lowest BCUT2D eigenvalue weighted by atomic mass is 10.2. The van der Waals surface area contributed by atoms with Crippen LogP contribution in [0.3, 0.4) is 0 Å². The average Bonchev–Trinajstić information content (AvgIpc) is 1.83. The fourth-order valence-corrected chi connectivity index (χ4v) is 4.69. The molecule has 0 bridgehead atoms. The van der Waals surface area contributed by atoms with Gasteiger partial charge in [0.05, 0.1) is 47.9 Å². The van der Waals surface area contributed by atoms with Crippen LogP contribution in [-0.4, -0.2) is 112 Å². The summed E-state index contributed by atoms with van der Waals surface area (Å²) >= 11 is 8.53. The average molecular weight is 1770 g/mol. The number of nitrogens with one attached hydrogen (secondary N) is 1. The fourth-order valence-electron chi connectivity index (χ4n) is 2.62. The lowest BCUT2D eigenvalue weighted by Crippen LogP contribution is -1.83. The number of rotatable bonds is 1. The van der Waals surface area contributed by atoms with Crippen LogP contribution in [0.1, 0.15) is 275 Å². The first-order valence-electron chi connectivity index (χ1n) is 39.8. The van der Waals surface area contributed by atoms with E-state index in [-0.39, 0.29) is 0 Å². The number of hydrogen-bond acceptors (Lipinski definition) is 31. The smallest absolute Gasteiger partial charge is 0.213 e. The molecule has 0 saturated heterocycles. The monoisotopic (exact) mass is 1770 g/mol. The predicted molar refractivity (Wildman–Crippen MR) is 514 cm³/mol. The zero-order valence-corrected chi connectivity index (χ0v) is 85.1. The minimum atomic E-state index is 0.522.